The van der Waals surface area contributed by atoms with E-state index in [0.717, 1.165) is 11.7 Å². The molecule has 2 nitrogen and oxygen atoms in total. The topological polar surface area (TPSA) is 26.3 Å². The molecule has 1 aromatic carbocycles. The quantitative estimate of drug-likeness (QED) is 0.458. The second-order valence-electron chi connectivity index (χ2n) is 4.65. The zero-order chi connectivity index (χ0) is 11.8. The van der Waals surface area contributed by atoms with Gasteiger partial charge in [-0.15, -0.1) is 11.8 Å². The van der Waals surface area contributed by atoms with Crippen LogP contribution < -0.4 is 4.74 Å². The van der Waals surface area contributed by atoms with Crippen molar-refractivity contribution in [3.05, 3.63) is 29.8 Å². The Hall–Kier alpha value is -0.960. The van der Waals surface area contributed by atoms with Crippen LogP contribution in [0.15, 0.2) is 24.3 Å². The summed E-state index contributed by atoms with van der Waals surface area (Å²) in [6.07, 6.45) is 1.10. The smallest absolute Gasteiger partial charge is 0.308 e. The molecule has 0 saturated carbocycles. The lowest BCUT2D eigenvalue weighted by molar-refractivity contribution is -0.131. The number of esters is 1. The fourth-order valence-electron chi connectivity index (χ4n) is 1.69. The first-order valence-electron chi connectivity index (χ1n) is 5.42. The average molecular weight is 236 g/mol. The fraction of sp³-hybridized carbons (Fsp3) is 0.462. The van der Waals surface area contributed by atoms with Crippen LogP contribution in [-0.4, -0.2) is 16.0 Å². The molecular formula is C13H16O2S. The van der Waals surface area contributed by atoms with Gasteiger partial charge in [0.25, 0.3) is 0 Å². The molecule has 2 rings (SSSR count). The van der Waals surface area contributed by atoms with Crippen LogP contribution in [0.3, 0.4) is 0 Å². The third-order valence-corrected chi connectivity index (χ3v) is 4.45. The molecule has 1 fully saturated rings. The molecule has 16 heavy (non-hydrogen) atoms. The van der Waals surface area contributed by atoms with Gasteiger partial charge in [0.05, 0.1) is 0 Å². The molecule has 0 spiro atoms. The molecule has 1 aliphatic rings. The van der Waals surface area contributed by atoms with Crippen molar-refractivity contribution in [2.45, 2.75) is 37.2 Å². The standard InChI is InChI=1S/C13H16O2S/c1-9(14)15-11-6-4-10(5-7-11)8-12-13(2,3)16-12/h4-7,12H,8H2,1-3H3. The van der Waals surface area contributed by atoms with Gasteiger partial charge < -0.3 is 4.74 Å². The number of rotatable bonds is 3. The molecule has 0 aliphatic carbocycles. The summed E-state index contributed by atoms with van der Waals surface area (Å²) in [4.78, 5) is 10.7. The van der Waals surface area contributed by atoms with Crippen LogP contribution in [-0.2, 0) is 11.2 Å². The Morgan fingerprint density at radius 1 is 1.38 bits per heavy atom. The molecule has 1 saturated heterocycles. The highest BCUT2D eigenvalue weighted by molar-refractivity contribution is 8.08. The van der Waals surface area contributed by atoms with Gasteiger partial charge in [-0.3, -0.25) is 4.79 Å². The van der Waals surface area contributed by atoms with Gasteiger partial charge in [-0.05, 0) is 38.0 Å². The highest BCUT2D eigenvalue weighted by Gasteiger charge is 2.46. The lowest BCUT2D eigenvalue weighted by atomic mass is 10.0. The number of carbonyl (C=O) groups excluding carboxylic acids is 1. The predicted octanol–water partition coefficient (Wildman–Crippen LogP) is 3.05. The van der Waals surface area contributed by atoms with Crippen molar-refractivity contribution in [1.82, 2.24) is 0 Å². The molecule has 1 heterocycles. The zero-order valence-corrected chi connectivity index (χ0v) is 10.6. The Morgan fingerprint density at radius 3 is 2.38 bits per heavy atom. The van der Waals surface area contributed by atoms with Crippen molar-refractivity contribution in [2.24, 2.45) is 0 Å². The maximum atomic E-state index is 10.7. The van der Waals surface area contributed by atoms with Gasteiger partial charge in [0.2, 0.25) is 0 Å². The van der Waals surface area contributed by atoms with Crippen molar-refractivity contribution in [3.8, 4) is 5.75 Å². The van der Waals surface area contributed by atoms with Crippen LogP contribution in [0, 0.1) is 0 Å². The number of benzene rings is 1. The van der Waals surface area contributed by atoms with Crippen LogP contribution in [0.25, 0.3) is 0 Å². The molecule has 3 heteroatoms. The summed E-state index contributed by atoms with van der Waals surface area (Å²) in [6.45, 7) is 5.96. The van der Waals surface area contributed by atoms with E-state index < -0.39 is 0 Å². The molecule has 86 valence electrons. The molecule has 1 unspecified atom stereocenters. The predicted molar refractivity (Wildman–Crippen MR) is 66.9 cm³/mol. The summed E-state index contributed by atoms with van der Waals surface area (Å²) in [6, 6.07) is 7.79. The summed E-state index contributed by atoms with van der Waals surface area (Å²) in [5.74, 6) is 0.352. The lowest BCUT2D eigenvalue weighted by Gasteiger charge is -2.04. The molecule has 0 aromatic heterocycles. The van der Waals surface area contributed by atoms with E-state index in [1.807, 2.05) is 36.0 Å². The molecule has 0 bridgehead atoms. The lowest BCUT2D eigenvalue weighted by Crippen LogP contribution is -2.06. The number of hydrogen-bond donors (Lipinski definition) is 0. The molecule has 0 N–H and O–H groups in total. The van der Waals surface area contributed by atoms with Gasteiger partial charge in [0, 0.05) is 16.9 Å². The maximum absolute atomic E-state index is 10.7. The number of hydrogen-bond acceptors (Lipinski definition) is 3. The largest absolute Gasteiger partial charge is 0.427 e. The van der Waals surface area contributed by atoms with Gasteiger partial charge in [-0.2, -0.15) is 0 Å². The first-order chi connectivity index (χ1) is 7.47. The second kappa shape index (κ2) is 4.13. The highest BCUT2D eigenvalue weighted by Crippen LogP contribution is 2.54. The molecule has 1 atom stereocenters. The Labute approximate surface area is 100 Å². The van der Waals surface area contributed by atoms with Crippen LogP contribution in [0.1, 0.15) is 26.3 Å². The Balaban J connectivity index is 1.95. The number of carbonyl (C=O) groups is 1. The van der Waals surface area contributed by atoms with Crippen LogP contribution in [0.4, 0.5) is 0 Å². The number of ether oxygens (including phenoxy) is 1. The van der Waals surface area contributed by atoms with E-state index in [1.165, 1.54) is 12.5 Å². The van der Waals surface area contributed by atoms with Gasteiger partial charge >= 0.3 is 5.97 Å². The third-order valence-electron chi connectivity index (χ3n) is 2.77. The van der Waals surface area contributed by atoms with Crippen molar-refractivity contribution in [1.29, 1.82) is 0 Å². The highest BCUT2D eigenvalue weighted by atomic mass is 32.2. The van der Waals surface area contributed by atoms with E-state index in [-0.39, 0.29) is 5.97 Å². The van der Waals surface area contributed by atoms with Gasteiger partial charge in [0.15, 0.2) is 0 Å². The van der Waals surface area contributed by atoms with Crippen LogP contribution in [0.5, 0.6) is 5.75 Å². The monoisotopic (exact) mass is 236 g/mol. The summed E-state index contributed by atoms with van der Waals surface area (Å²) in [5, 5.41) is 0.729. The number of thioether (sulfide) groups is 1. The molecular weight excluding hydrogens is 220 g/mol. The van der Waals surface area contributed by atoms with Crippen molar-refractivity contribution in [2.75, 3.05) is 0 Å². The summed E-state index contributed by atoms with van der Waals surface area (Å²) in [5.41, 5.74) is 1.30. The minimum absolute atomic E-state index is 0.272. The van der Waals surface area contributed by atoms with Gasteiger partial charge in [-0.25, -0.2) is 0 Å². The minimum Gasteiger partial charge on any atom is -0.427 e. The minimum atomic E-state index is -0.272. The van der Waals surface area contributed by atoms with E-state index >= 15 is 0 Å². The van der Waals surface area contributed by atoms with Crippen LogP contribution in [0.2, 0.25) is 0 Å². The van der Waals surface area contributed by atoms with Crippen molar-refractivity contribution < 1.29 is 9.53 Å². The summed E-state index contributed by atoms with van der Waals surface area (Å²) < 4.78 is 5.43. The van der Waals surface area contributed by atoms with E-state index in [9.17, 15) is 4.79 Å². The van der Waals surface area contributed by atoms with E-state index in [2.05, 4.69) is 13.8 Å². The normalized spacial score (nSPS) is 21.6. The summed E-state index contributed by atoms with van der Waals surface area (Å²) in [7, 11) is 0. The Kier molecular flexibility index (Phi) is 2.98. The van der Waals surface area contributed by atoms with E-state index in [1.54, 1.807) is 0 Å². The Bertz CT molecular complexity index is 395. The second-order valence-corrected chi connectivity index (χ2v) is 6.51. The third kappa shape index (κ3) is 2.79. The fourth-order valence-corrected chi connectivity index (χ4v) is 2.72. The molecule has 0 amide bonds. The summed E-state index contributed by atoms with van der Waals surface area (Å²) >= 11 is 2.02. The average Bonchev–Trinajstić information content (AvgIpc) is 2.76. The van der Waals surface area contributed by atoms with Crippen molar-refractivity contribution >= 4 is 17.7 Å². The molecule has 1 aliphatic heterocycles. The van der Waals surface area contributed by atoms with Crippen molar-refractivity contribution in [3.63, 3.8) is 0 Å². The molecule has 0 radical (unpaired) electrons. The first-order valence-corrected chi connectivity index (χ1v) is 6.30. The van der Waals surface area contributed by atoms with Gasteiger partial charge in [0.1, 0.15) is 5.75 Å². The van der Waals surface area contributed by atoms with Crippen LogP contribution >= 0.6 is 11.8 Å². The zero-order valence-electron chi connectivity index (χ0n) is 9.82. The first kappa shape index (κ1) is 11.5. The Morgan fingerprint density at radius 2 is 1.94 bits per heavy atom. The molecule has 1 aromatic rings. The van der Waals surface area contributed by atoms with Gasteiger partial charge in [-0.1, -0.05) is 12.1 Å². The SMILES string of the molecule is CC(=O)Oc1ccc(CC2SC2(C)C)cc1. The maximum Gasteiger partial charge on any atom is 0.308 e. The van der Waals surface area contributed by atoms with E-state index in [4.69, 9.17) is 4.74 Å². The van der Waals surface area contributed by atoms with E-state index in [0.29, 0.717) is 10.5 Å².